The molecule has 0 spiro atoms. The maximum Gasteiger partial charge on any atom is 0.267 e. The number of nitrogens with zero attached hydrogens (tertiary/aromatic N) is 2. The van der Waals surface area contributed by atoms with Gasteiger partial charge in [0.2, 0.25) is 5.91 Å². The van der Waals surface area contributed by atoms with Crippen LogP contribution in [0.5, 0.6) is 5.75 Å². The number of hydrogen-bond donors (Lipinski definition) is 0. The second kappa shape index (κ2) is 7.66. The van der Waals surface area contributed by atoms with E-state index in [9.17, 15) is 9.59 Å². The first-order valence-electron chi connectivity index (χ1n) is 9.97. The van der Waals surface area contributed by atoms with Gasteiger partial charge in [0.1, 0.15) is 5.75 Å². The van der Waals surface area contributed by atoms with Gasteiger partial charge in [-0.2, -0.15) is 0 Å². The normalized spacial score (nSPS) is 20.8. The molecule has 2 unspecified atom stereocenters. The topological polar surface area (TPSA) is 49.9 Å². The molecule has 4 rings (SSSR count). The maximum atomic E-state index is 13.0. The van der Waals surface area contributed by atoms with E-state index in [4.69, 9.17) is 4.74 Å². The van der Waals surface area contributed by atoms with Crippen molar-refractivity contribution in [1.82, 2.24) is 4.90 Å². The number of aryl methyl sites for hydroxylation is 1. The fraction of sp³-hybridized carbons (Fsp3) is 0.391. The molecule has 1 heterocycles. The largest absolute Gasteiger partial charge is 0.479 e. The van der Waals surface area contributed by atoms with Crippen LogP contribution in [-0.4, -0.2) is 36.4 Å². The number of carbonyl (C=O) groups is 2. The molecule has 2 aromatic carbocycles. The van der Waals surface area contributed by atoms with Gasteiger partial charge < -0.3 is 14.5 Å². The van der Waals surface area contributed by atoms with Crippen molar-refractivity contribution in [3.05, 3.63) is 59.7 Å². The van der Waals surface area contributed by atoms with Gasteiger partial charge in [-0.1, -0.05) is 36.4 Å². The van der Waals surface area contributed by atoms with Gasteiger partial charge in [0, 0.05) is 20.0 Å². The average Bonchev–Trinajstić information content (AvgIpc) is 2.73. The molecule has 5 heteroatoms. The first-order chi connectivity index (χ1) is 13.6. The minimum Gasteiger partial charge on any atom is -0.479 e. The van der Waals surface area contributed by atoms with Crippen molar-refractivity contribution < 1.29 is 14.3 Å². The molecule has 2 aromatic rings. The number of ether oxygens (including phenoxy) is 1. The molecule has 0 aromatic heterocycles. The van der Waals surface area contributed by atoms with Crippen molar-refractivity contribution in [2.24, 2.45) is 0 Å². The molecule has 0 saturated carbocycles. The fourth-order valence-corrected chi connectivity index (χ4v) is 4.28. The van der Waals surface area contributed by atoms with Crippen LogP contribution in [0, 0.1) is 0 Å². The Labute approximate surface area is 165 Å². The summed E-state index contributed by atoms with van der Waals surface area (Å²) >= 11 is 0. The Morgan fingerprint density at radius 1 is 1.18 bits per heavy atom. The van der Waals surface area contributed by atoms with Gasteiger partial charge in [-0.05, 0) is 49.4 Å². The number of benzene rings is 2. The van der Waals surface area contributed by atoms with Crippen molar-refractivity contribution in [2.75, 3.05) is 18.5 Å². The number of para-hydroxylation sites is 2. The van der Waals surface area contributed by atoms with Gasteiger partial charge in [0.25, 0.3) is 5.91 Å². The Morgan fingerprint density at radius 3 is 2.79 bits per heavy atom. The first kappa shape index (κ1) is 18.5. The summed E-state index contributed by atoms with van der Waals surface area (Å²) in [4.78, 5) is 29.1. The van der Waals surface area contributed by atoms with Crippen LogP contribution in [0.25, 0.3) is 0 Å². The van der Waals surface area contributed by atoms with E-state index < -0.39 is 6.10 Å². The van der Waals surface area contributed by atoms with Gasteiger partial charge in [-0.3, -0.25) is 9.59 Å². The summed E-state index contributed by atoms with van der Waals surface area (Å²) in [6.45, 7) is 2.11. The van der Waals surface area contributed by atoms with Crippen LogP contribution in [-0.2, 0) is 16.0 Å². The van der Waals surface area contributed by atoms with E-state index in [2.05, 4.69) is 18.2 Å². The molecule has 146 valence electrons. The number of rotatable bonds is 4. The summed E-state index contributed by atoms with van der Waals surface area (Å²) in [6.07, 6.45) is 2.91. The predicted octanol–water partition coefficient (Wildman–Crippen LogP) is 3.73. The SMILES string of the molecule is CC1Oc2ccccc2N(CCC(=O)N(C)C2CCCc3ccccc32)C1=O. The van der Waals surface area contributed by atoms with Crippen molar-refractivity contribution in [3.63, 3.8) is 0 Å². The lowest BCUT2D eigenvalue weighted by atomic mass is 9.87. The highest BCUT2D eigenvalue weighted by Gasteiger charge is 2.32. The summed E-state index contributed by atoms with van der Waals surface area (Å²) in [5.74, 6) is 0.653. The number of hydrogen-bond acceptors (Lipinski definition) is 3. The van der Waals surface area contributed by atoms with E-state index in [1.165, 1.54) is 11.1 Å². The minimum absolute atomic E-state index is 0.0612. The van der Waals surface area contributed by atoms with Crippen LogP contribution in [0.1, 0.15) is 43.4 Å². The van der Waals surface area contributed by atoms with Crippen LogP contribution >= 0.6 is 0 Å². The lowest BCUT2D eigenvalue weighted by Gasteiger charge is -2.35. The third kappa shape index (κ3) is 3.37. The Morgan fingerprint density at radius 2 is 1.93 bits per heavy atom. The summed E-state index contributed by atoms with van der Waals surface area (Å²) in [7, 11) is 1.88. The monoisotopic (exact) mass is 378 g/mol. The molecule has 0 bridgehead atoms. The first-order valence-corrected chi connectivity index (χ1v) is 9.97. The van der Waals surface area contributed by atoms with Crippen molar-refractivity contribution in [1.29, 1.82) is 0 Å². The molecule has 0 radical (unpaired) electrons. The lowest BCUT2D eigenvalue weighted by Crippen LogP contribution is -2.46. The predicted molar refractivity (Wildman–Crippen MR) is 108 cm³/mol. The van der Waals surface area contributed by atoms with Crippen LogP contribution < -0.4 is 9.64 Å². The second-order valence-corrected chi connectivity index (χ2v) is 7.58. The van der Waals surface area contributed by atoms with Crippen LogP contribution in [0.15, 0.2) is 48.5 Å². The summed E-state index contributed by atoms with van der Waals surface area (Å²) in [5.41, 5.74) is 3.33. The molecule has 0 N–H and O–H groups in total. The quantitative estimate of drug-likeness (QED) is 0.815. The number of fused-ring (bicyclic) bond motifs is 2. The van der Waals surface area contributed by atoms with Crippen molar-refractivity contribution >= 4 is 17.5 Å². The molecule has 0 saturated heterocycles. The number of carbonyl (C=O) groups excluding carboxylic acids is 2. The number of anilines is 1. The minimum atomic E-state index is -0.534. The van der Waals surface area contributed by atoms with E-state index in [0.717, 1.165) is 24.9 Å². The van der Waals surface area contributed by atoms with E-state index in [-0.39, 0.29) is 17.9 Å². The summed E-state index contributed by atoms with van der Waals surface area (Å²) in [6, 6.07) is 16.0. The Kier molecular flexibility index (Phi) is 5.07. The maximum absolute atomic E-state index is 13.0. The standard InChI is InChI=1S/C23H26N2O3/c1-16-23(27)25(20-11-5-6-13-21(20)28-16)15-14-22(26)24(2)19-12-7-9-17-8-3-4-10-18(17)19/h3-6,8,10-11,13,16,19H,7,9,12,14-15H2,1-2H3. The molecule has 2 atom stereocenters. The van der Waals surface area contributed by atoms with E-state index >= 15 is 0 Å². The Bertz CT molecular complexity index is 895. The van der Waals surface area contributed by atoms with Crippen molar-refractivity contribution in [2.45, 2.75) is 44.8 Å². The number of amides is 2. The second-order valence-electron chi connectivity index (χ2n) is 7.58. The molecule has 2 aliphatic rings. The summed E-state index contributed by atoms with van der Waals surface area (Å²) < 4.78 is 5.68. The molecular weight excluding hydrogens is 352 g/mol. The molecule has 0 fully saturated rings. The highest BCUT2D eigenvalue weighted by atomic mass is 16.5. The zero-order valence-electron chi connectivity index (χ0n) is 16.4. The summed E-state index contributed by atoms with van der Waals surface area (Å²) in [5, 5.41) is 0. The molecule has 5 nitrogen and oxygen atoms in total. The van der Waals surface area contributed by atoms with E-state index in [0.29, 0.717) is 18.7 Å². The van der Waals surface area contributed by atoms with Gasteiger partial charge in [-0.15, -0.1) is 0 Å². The van der Waals surface area contributed by atoms with Crippen LogP contribution in [0.4, 0.5) is 5.69 Å². The highest BCUT2D eigenvalue weighted by Crippen LogP contribution is 2.35. The third-order valence-electron chi connectivity index (χ3n) is 5.82. The third-order valence-corrected chi connectivity index (χ3v) is 5.82. The van der Waals surface area contributed by atoms with Crippen molar-refractivity contribution in [3.8, 4) is 5.75 Å². The molecule has 28 heavy (non-hydrogen) atoms. The smallest absolute Gasteiger partial charge is 0.267 e. The van der Waals surface area contributed by atoms with Gasteiger partial charge in [0.05, 0.1) is 11.7 Å². The van der Waals surface area contributed by atoms with Crippen LogP contribution in [0.3, 0.4) is 0 Å². The van der Waals surface area contributed by atoms with Gasteiger partial charge in [-0.25, -0.2) is 0 Å². The molecule has 1 aliphatic heterocycles. The Balaban J connectivity index is 1.47. The Hall–Kier alpha value is -2.82. The van der Waals surface area contributed by atoms with E-state index in [1.54, 1.807) is 11.8 Å². The van der Waals surface area contributed by atoms with Gasteiger partial charge in [0.15, 0.2) is 6.10 Å². The van der Waals surface area contributed by atoms with E-state index in [1.807, 2.05) is 42.3 Å². The fourth-order valence-electron chi connectivity index (χ4n) is 4.28. The molecular formula is C23H26N2O3. The lowest BCUT2D eigenvalue weighted by molar-refractivity contribution is -0.132. The zero-order chi connectivity index (χ0) is 19.7. The van der Waals surface area contributed by atoms with Crippen LogP contribution in [0.2, 0.25) is 0 Å². The van der Waals surface area contributed by atoms with Gasteiger partial charge >= 0.3 is 0 Å². The average molecular weight is 378 g/mol. The molecule has 1 aliphatic carbocycles. The molecule has 2 amide bonds. The highest BCUT2D eigenvalue weighted by molar-refractivity contribution is 6.00. The zero-order valence-corrected chi connectivity index (χ0v) is 16.4.